The molecule has 3 aromatic carbocycles. The van der Waals surface area contributed by atoms with E-state index in [0.717, 1.165) is 32.3 Å². The highest BCUT2D eigenvalue weighted by molar-refractivity contribution is 7.26. The van der Waals surface area contributed by atoms with Crippen molar-refractivity contribution < 1.29 is 4.42 Å². The van der Waals surface area contributed by atoms with Crippen LogP contribution in [0.2, 0.25) is 0 Å². The third-order valence-corrected chi connectivity index (χ3v) is 5.93. The van der Waals surface area contributed by atoms with Crippen LogP contribution in [0.15, 0.2) is 69.9 Å². The number of hydrogen-bond donors (Lipinski definition) is 1. The van der Waals surface area contributed by atoms with E-state index < -0.39 is 0 Å². The van der Waals surface area contributed by atoms with Gasteiger partial charge in [0.25, 0.3) is 0 Å². The highest BCUT2D eigenvalue weighted by Crippen LogP contribution is 2.43. The van der Waals surface area contributed by atoms with Gasteiger partial charge in [0.15, 0.2) is 5.43 Å². The van der Waals surface area contributed by atoms with Gasteiger partial charge in [0.05, 0.1) is 5.39 Å². The van der Waals surface area contributed by atoms with Gasteiger partial charge < -0.3 is 10.2 Å². The van der Waals surface area contributed by atoms with E-state index in [1.54, 1.807) is 18.3 Å². The lowest BCUT2D eigenvalue weighted by Crippen LogP contribution is -2.00. The number of fused-ring (bicyclic) bond motifs is 4. The minimum absolute atomic E-state index is 0.0198. The molecule has 4 heteroatoms. The van der Waals surface area contributed by atoms with E-state index in [9.17, 15) is 4.79 Å². The minimum atomic E-state index is -0.0198. The predicted molar refractivity (Wildman–Crippen MR) is 110 cm³/mol. The quantitative estimate of drug-likeness (QED) is 0.390. The molecule has 2 heterocycles. The van der Waals surface area contributed by atoms with Crippen molar-refractivity contribution in [2.75, 3.05) is 5.73 Å². The molecule has 0 saturated carbocycles. The molecule has 126 valence electrons. The van der Waals surface area contributed by atoms with Crippen molar-refractivity contribution in [2.24, 2.45) is 0 Å². The van der Waals surface area contributed by atoms with Gasteiger partial charge in [-0.1, -0.05) is 36.4 Å². The van der Waals surface area contributed by atoms with E-state index in [1.807, 2.05) is 42.5 Å². The zero-order chi connectivity index (χ0) is 17.8. The summed E-state index contributed by atoms with van der Waals surface area (Å²) in [6.07, 6.45) is 0. The van der Waals surface area contributed by atoms with Gasteiger partial charge in [0.1, 0.15) is 11.3 Å². The second-order valence-corrected chi connectivity index (χ2v) is 7.46. The summed E-state index contributed by atoms with van der Waals surface area (Å²) < 4.78 is 8.26. The zero-order valence-corrected chi connectivity index (χ0v) is 14.9. The van der Waals surface area contributed by atoms with Crippen LogP contribution in [0.1, 0.15) is 5.76 Å². The van der Waals surface area contributed by atoms with Crippen LogP contribution in [0.25, 0.3) is 42.3 Å². The number of benzene rings is 3. The average Bonchev–Trinajstić information content (AvgIpc) is 3.02. The van der Waals surface area contributed by atoms with Gasteiger partial charge in [0, 0.05) is 43.1 Å². The first-order chi connectivity index (χ1) is 12.6. The molecule has 0 aliphatic heterocycles. The summed E-state index contributed by atoms with van der Waals surface area (Å²) in [7, 11) is 0. The molecule has 0 bridgehead atoms. The van der Waals surface area contributed by atoms with Crippen molar-refractivity contribution in [3.63, 3.8) is 0 Å². The van der Waals surface area contributed by atoms with Crippen molar-refractivity contribution in [3.05, 3.63) is 76.6 Å². The summed E-state index contributed by atoms with van der Waals surface area (Å²) >= 11 is 1.71. The van der Waals surface area contributed by atoms with Crippen molar-refractivity contribution in [2.45, 2.75) is 6.92 Å². The fraction of sp³-hybridized carbons (Fsp3) is 0.0455. The monoisotopic (exact) mass is 357 g/mol. The van der Waals surface area contributed by atoms with Gasteiger partial charge in [-0.2, -0.15) is 0 Å². The second-order valence-electron chi connectivity index (χ2n) is 6.41. The van der Waals surface area contributed by atoms with Crippen LogP contribution in [0.5, 0.6) is 0 Å². The van der Waals surface area contributed by atoms with Gasteiger partial charge in [-0.05, 0) is 25.1 Å². The third kappa shape index (κ3) is 2.09. The molecule has 2 aromatic heterocycles. The van der Waals surface area contributed by atoms with Crippen molar-refractivity contribution >= 4 is 48.2 Å². The standard InChI is InChI=1S/C22H15NO2S/c1-12-11-18(24)15-7-4-6-13(21(15)25-12)14-9-10-17(23)20-16-5-2-3-8-19(16)26-22(14)20/h2-11H,23H2,1H3. The third-order valence-electron chi connectivity index (χ3n) is 4.73. The number of para-hydroxylation sites is 1. The normalized spacial score (nSPS) is 11.6. The number of anilines is 1. The van der Waals surface area contributed by atoms with E-state index in [0.29, 0.717) is 16.7 Å². The smallest absolute Gasteiger partial charge is 0.192 e. The van der Waals surface area contributed by atoms with Crippen LogP contribution >= 0.6 is 11.3 Å². The Morgan fingerprint density at radius 3 is 2.62 bits per heavy atom. The zero-order valence-electron chi connectivity index (χ0n) is 14.1. The maximum Gasteiger partial charge on any atom is 0.192 e. The fourth-order valence-corrected chi connectivity index (χ4v) is 4.84. The van der Waals surface area contributed by atoms with Crippen LogP contribution in [0.4, 0.5) is 5.69 Å². The molecular weight excluding hydrogens is 342 g/mol. The van der Waals surface area contributed by atoms with Gasteiger partial charge in [-0.3, -0.25) is 4.79 Å². The maximum absolute atomic E-state index is 12.4. The Morgan fingerprint density at radius 2 is 1.73 bits per heavy atom. The lowest BCUT2D eigenvalue weighted by Gasteiger charge is -2.09. The summed E-state index contributed by atoms with van der Waals surface area (Å²) in [4.78, 5) is 12.4. The van der Waals surface area contributed by atoms with Crippen LogP contribution in [-0.2, 0) is 0 Å². The molecule has 0 atom stereocenters. The largest absolute Gasteiger partial charge is 0.460 e. The van der Waals surface area contributed by atoms with Gasteiger partial charge in [-0.15, -0.1) is 11.3 Å². The second kappa shape index (κ2) is 5.44. The minimum Gasteiger partial charge on any atom is -0.460 e. The first kappa shape index (κ1) is 15.2. The molecule has 0 radical (unpaired) electrons. The molecule has 0 unspecified atom stereocenters. The first-order valence-electron chi connectivity index (χ1n) is 8.37. The molecule has 0 aliphatic carbocycles. The molecule has 0 fully saturated rings. The highest BCUT2D eigenvalue weighted by Gasteiger charge is 2.16. The number of nitrogens with two attached hydrogens (primary N) is 1. The van der Waals surface area contributed by atoms with Crippen LogP contribution in [0.3, 0.4) is 0 Å². The van der Waals surface area contributed by atoms with Crippen LogP contribution < -0.4 is 11.2 Å². The summed E-state index contributed by atoms with van der Waals surface area (Å²) in [5.41, 5.74) is 9.63. The highest BCUT2D eigenvalue weighted by atomic mass is 32.1. The van der Waals surface area contributed by atoms with Crippen LogP contribution in [-0.4, -0.2) is 0 Å². The Bertz CT molecular complexity index is 1380. The summed E-state index contributed by atoms with van der Waals surface area (Å²) in [5, 5.41) is 2.82. The van der Waals surface area contributed by atoms with E-state index >= 15 is 0 Å². The van der Waals surface area contributed by atoms with E-state index in [1.165, 1.54) is 10.8 Å². The summed E-state index contributed by atoms with van der Waals surface area (Å²) in [6, 6.07) is 19.5. The molecule has 26 heavy (non-hydrogen) atoms. The molecule has 0 aliphatic rings. The van der Waals surface area contributed by atoms with Crippen molar-refractivity contribution in [1.82, 2.24) is 0 Å². The number of nitrogen functional groups attached to an aromatic ring is 1. The van der Waals surface area contributed by atoms with Crippen molar-refractivity contribution in [1.29, 1.82) is 0 Å². The summed E-state index contributed by atoms with van der Waals surface area (Å²) in [6.45, 7) is 1.80. The lowest BCUT2D eigenvalue weighted by atomic mass is 9.99. The van der Waals surface area contributed by atoms with E-state index in [2.05, 4.69) is 12.1 Å². The number of rotatable bonds is 1. The van der Waals surface area contributed by atoms with Crippen LogP contribution in [0, 0.1) is 6.92 Å². The number of thiophene rings is 1. The Balaban J connectivity index is 1.96. The predicted octanol–water partition coefficient (Wildman–Crippen LogP) is 5.72. The molecule has 5 rings (SSSR count). The summed E-state index contributed by atoms with van der Waals surface area (Å²) in [5.74, 6) is 0.609. The molecule has 3 nitrogen and oxygen atoms in total. The molecule has 0 amide bonds. The Labute approximate surface area is 153 Å². The van der Waals surface area contributed by atoms with E-state index in [4.69, 9.17) is 10.2 Å². The molecular formula is C22H15NO2S. The van der Waals surface area contributed by atoms with Gasteiger partial charge in [-0.25, -0.2) is 0 Å². The van der Waals surface area contributed by atoms with Crippen molar-refractivity contribution in [3.8, 4) is 11.1 Å². The molecule has 2 N–H and O–H groups in total. The average molecular weight is 357 g/mol. The fourth-order valence-electron chi connectivity index (χ4n) is 3.57. The lowest BCUT2D eigenvalue weighted by molar-refractivity contribution is 0.566. The Morgan fingerprint density at radius 1 is 0.923 bits per heavy atom. The molecule has 0 saturated heterocycles. The Hall–Kier alpha value is -3.11. The van der Waals surface area contributed by atoms with Gasteiger partial charge in [0.2, 0.25) is 0 Å². The molecule has 0 spiro atoms. The number of hydrogen-bond acceptors (Lipinski definition) is 4. The SMILES string of the molecule is Cc1cc(=O)c2cccc(-c3ccc(N)c4c3sc3ccccc34)c2o1. The van der Waals surface area contributed by atoms with E-state index in [-0.39, 0.29) is 5.43 Å². The first-order valence-corrected chi connectivity index (χ1v) is 9.19. The van der Waals surface area contributed by atoms with Gasteiger partial charge >= 0.3 is 0 Å². The molecule has 5 aromatic rings. The maximum atomic E-state index is 12.4. The Kier molecular flexibility index (Phi) is 3.18. The number of aryl methyl sites for hydroxylation is 1. The topological polar surface area (TPSA) is 56.2 Å².